The Hall–Kier alpha value is -1.02. The molecule has 20 heavy (non-hydrogen) atoms. The zero-order valence-electron chi connectivity index (χ0n) is 12.0. The van der Waals surface area contributed by atoms with Gasteiger partial charge in [-0.15, -0.1) is 11.3 Å². The van der Waals surface area contributed by atoms with Gasteiger partial charge in [0, 0.05) is 51.8 Å². The molecular formula is C13H22N4O2S. The molecule has 0 aromatic carbocycles. The standard InChI is InChI=1S/C13H22N4O2S/c1-10-15-11(9-20-10)8-16-3-5-17(6-4-16)13(18)12(7-14)19-2/h9,12H,3-8,14H2,1-2H3. The third kappa shape index (κ3) is 3.76. The monoisotopic (exact) mass is 298 g/mol. The van der Waals surface area contributed by atoms with Gasteiger partial charge in [0.15, 0.2) is 0 Å². The molecule has 1 unspecified atom stereocenters. The SMILES string of the molecule is COC(CN)C(=O)N1CCN(Cc2csc(C)n2)CC1. The molecule has 2 N–H and O–H groups in total. The number of aromatic nitrogens is 1. The van der Waals surface area contributed by atoms with Crippen molar-refractivity contribution in [3.8, 4) is 0 Å². The Morgan fingerprint density at radius 1 is 1.50 bits per heavy atom. The lowest BCUT2D eigenvalue weighted by molar-refractivity contribution is -0.143. The number of aryl methyl sites for hydroxylation is 1. The number of carbonyl (C=O) groups is 1. The van der Waals surface area contributed by atoms with Crippen LogP contribution in [0.15, 0.2) is 5.38 Å². The van der Waals surface area contributed by atoms with Crippen molar-refractivity contribution in [2.24, 2.45) is 5.73 Å². The van der Waals surface area contributed by atoms with Crippen LogP contribution in [-0.4, -0.2) is 66.6 Å². The van der Waals surface area contributed by atoms with Crippen molar-refractivity contribution in [2.45, 2.75) is 19.6 Å². The number of nitrogens with two attached hydrogens (primary N) is 1. The number of methoxy groups -OCH3 is 1. The van der Waals surface area contributed by atoms with Crippen LogP contribution in [-0.2, 0) is 16.1 Å². The lowest BCUT2D eigenvalue weighted by Gasteiger charge is -2.35. The van der Waals surface area contributed by atoms with Crippen LogP contribution in [0.4, 0.5) is 0 Å². The smallest absolute Gasteiger partial charge is 0.253 e. The van der Waals surface area contributed by atoms with E-state index in [4.69, 9.17) is 10.5 Å². The number of hydrogen-bond donors (Lipinski definition) is 1. The normalized spacial score (nSPS) is 18.2. The molecule has 1 aromatic rings. The number of piperazine rings is 1. The van der Waals surface area contributed by atoms with Crippen LogP contribution in [0.3, 0.4) is 0 Å². The Kier molecular flexibility index (Phi) is 5.47. The number of ether oxygens (including phenoxy) is 1. The molecule has 1 aliphatic heterocycles. The molecule has 2 rings (SSSR count). The van der Waals surface area contributed by atoms with Crippen LogP contribution in [0.1, 0.15) is 10.7 Å². The Bertz CT molecular complexity index is 439. The minimum Gasteiger partial charge on any atom is -0.370 e. The van der Waals surface area contributed by atoms with E-state index in [0.29, 0.717) is 0 Å². The summed E-state index contributed by atoms with van der Waals surface area (Å²) in [6, 6.07) is 0. The second kappa shape index (κ2) is 7.12. The van der Waals surface area contributed by atoms with E-state index in [2.05, 4.69) is 15.3 Å². The van der Waals surface area contributed by atoms with E-state index in [9.17, 15) is 4.79 Å². The van der Waals surface area contributed by atoms with E-state index in [1.807, 2.05) is 11.8 Å². The molecule has 112 valence electrons. The Morgan fingerprint density at radius 3 is 2.70 bits per heavy atom. The van der Waals surface area contributed by atoms with Crippen molar-refractivity contribution in [3.63, 3.8) is 0 Å². The van der Waals surface area contributed by atoms with Gasteiger partial charge in [0.2, 0.25) is 0 Å². The summed E-state index contributed by atoms with van der Waals surface area (Å²) >= 11 is 1.68. The summed E-state index contributed by atoms with van der Waals surface area (Å²) in [6.07, 6.45) is -0.511. The highest BCUT2D eigenvalue weighted by atomic mass is 32.1. The maximum Gasteiger partial charge on any atom is 0.253 e. The first kappa shape index (κ1) is 15.4. The molecule has 2 heterocycles. The van der Waals surface area contributed by atoms with Crippen molar-refractivity contribution in [2.75, 3.05) is 39.8 Å². The predicted molar refractivity (Wildman–Crippen MR) is 78.6 cm³/mol. The molecule has 0 bridgehead atoms. The lowest BCUT2D eigenvalue weighted by atomic mass is 10.2. The first-order valence-electron chi connectivity index (χ1n) is 6.79. The highest BCUT2D eigenvalue weighted by Crippen LogP contribution is 2.12. The van der Waals surface area contributed by atoms with Crippen LogP contribution >= 0.6 is 11.3 Å². The van der Waals surface area contributed by atoms with Crippen LogP contribution in [0.2, 0.25) is 0 Å². The molecule has 0 aliphatic carbocycles. The van der Waals surface area contributed by atoms with E-state index in [-0.39, 0.29) is 12.5 Å². The molecular weight excluding hydrogens is 276 g/mol. The van der Waals surface area contributed by atoms with E-state index in [0.717, 1.165) is 43.4 Å². The van der Waals surface area contributed by atoms with Gasteiger partial charge in [0.25, 0.3) is 5.91 Å². The maximum absolute atomic E-state index is 12.1. The van der Waals surface area contributed by atoms with Gasteiger partial charge >= 0.3 is 0 Å². The Morgan fingerprint density at radius 2 is 2.20 bits per heavy atom. The topological polar surface area (TPSA) is 71.7 Å². The van der Waals surface area contributed by atoms with Gasteiger partial charge in [0.1, 0.15) is 6.10 Å². The van der Waals surface area contributed by atoms with Crippen LogP contribution in [0.5, 0.6) is 0 Å². The fraction of sp³-hybridized carbons (Fsp3) is 0.692. The number of nitrogens with zero attached hydrogens (tertiary/aromatic N) is 3. The third-order valence-electron chi connectivity index (χ3n) is 3.51. The molecule has 1 aromatic heterocycles. The van der Waals surface area contributed by atoms with E-state index >= 15 is 0 Å². The minimum absolute atomic E-state index is 0.000784. The first-order valence-corrected chi connectivity index (χ1v) is 7.67. The summed E-state index contributed by atoms with van der Waals surface area (Å²) in [5.41, 5.74) is 6.65. The number of rotatable bonds is 5. The number of carbonyl (C=O) groups excluding carboxylic acids is 1. The van der Waals surface area contributed by atoms with E-state index in [1.54, 1.807) is 11.3 Å². The Balaban J connectivity index is 1.81. The lowest BCUT2D eigenvalue weighted by Crippen LogP contribution is -2.52. The largest absolute Gasteiger partial charge is 0.370 e. The second-order valence-corrected chi connectivity index (χ2v) is 5.98. The van der Waals surface area contributed by atoms with Crippen LogP contribution < -0.4 is 5.73 Å². The molecule has 1 amide bonds. The summed E-state index contributed by atoms with van der Waals surface area (Å²) in [6.45, 7) is 6.28. The third-order valence-corrected chi connectivity index (χ3v) is 4.33. The second-order valence-electron chi connectivity index (χ2n) is 4.92. The van der Waals surface area contributed by atoms with Gasteiger partial charge in [-0.25, -0.2) is 4.98 Å². The quantitative estimate of drug-likeness (QED) is 0.833. The van der Waals surface area contributed by atoms with Crippen molar-refractivity contribution >= 4 is 17.2 Å². The summed E-state index contributed by atoms with van der Waals surface area (Å²) < 4.78 is 5.10. The molecule has 1 aliphatic rings. The highest BCUT2D eigenvalue weighted by Gasteiger charge is 2.26. The van der Waals surface area contributed by atoms with Gasteiger partial charge in [-0.3, -0.25) is 9.69 Å². The Labute approximate surface area is 123 Å². The number of hydrogen-bond acceptors (Lipinski definition) is 6. The fourth-order valence-corrected chi connectivity index (χ4v) is 2.94. The van der Waals surface area contributed by atoms with Gasteiger partial charge in [0.05, 0.1) is 10.7 Å². The average Bonchev–Trinajstić information content (AvgIpc) is 2.86. The molecule has 1 saturated heterocycles. The summed E-state index contributed by atoms with van der Waals surface area (Å²) in [7, 11) is 1.52. The molecule has 6 nitrogen and oxygen atoms in total. The van der Waals surface area contributed by atoms with Crippen LogP contribution in [0, 0.1) is 6.92 Å². The zero-order chi connectivity index (χ0) is 14.5. The predicted octanol–water partition coefficient (Wildman–Crippen LogP) is 0.0694. The zero-order valence-corrected chi connectivity index (χ0v) is 12.9. The van der Waals surface area contributed by atoms with Crippen molar-refractivity contribution in [3.05, 3.63) is 16.1 Å². The van der Waals surface area contributed by atoms with Crippen molar-refractivity contribution in [1.82, 2.24) is 14.8 Å². The fourth-order valence-electron chi connectivity index (χ4n) is 2.34. The molecule has 1 fully saturated rings. The molecule has 0 saturated carbocycles. The van der Waals surface area contributed by atoms with Crippen LogP contribution in [0.25, 0.3) is 0 Å². The van der Waals surface area contributed by atoms with Gasteiger partial charge < -0.3 is 15.4 Å². The maximum atomic E-state index is 12.1. The molecule has 1 atom stereocenters. The summed E-state index contributed by atoms with van der Waals surface area (Å²) in [5, 5.41) is 3.20. The van der Waals surface area contributed by atoms with Gasteiger partial charge in [-0.1, -0.05) is 0 Å². The molecule has 7 heteroatoms. The molecule has 0 spiro atoms. The minimum atomic E-state index is -0.511. The summed E-state index contributed by atoms with van der Waals surface area (Å²) in [4.78, 5) is 20.8. The average molecular weight is 298 g/mol. The van der Waals surface area contributed by atoms with Crippen molar-refractivity contribution in [1.29, 1.82) is 0 Å². The van der Waals surface area contributed by atoms with Gasteiger partial charge in [-0.05, 0) is 6.92 Å². The number of thiazole rings is 1. The van der Waals surface area contributed by atoms with E-state index in [1.165, 1.54) is 7.11 Å². The molecule has 0 radical (unpaired) electrons. The number of amides is 1. The van der Waals surface area contributed by atoms with Crippen molar-refractivity contribution < 1.29 is 9.53 Å². The highest BCUT2D eigenvalue weighted by molar-refractivity contribution is 7.09. The van der Waals surface area contributed by atoms with Gasteiger partial charge in [-0.2, -0.15) is 0 Å². The van der Waals surface area contributed by atoms with E-state index < -0.39 is 6.10 Å². The summed E-state index contributed by atoms with van der Waals surface area (Å²) in [5.74, 6) is -0.000784. The first-order chi connectivity index (χ1) is 9.63.